The summed E-state index contributed by atoms with van der Waals surface area (Å²) in [5, 5.41) is 28.9. The van der Waals surface area contributed by atoms with E-state index in [1.54, 1.807) is 0 Å². The maximum atomic E-state index is 9.80. The van der Waals surface area contributed by atoms with Crippen molar-refractivity contribution < 1.29 is 24.8 Å². The topological polar surface area (TPSA) is 79.2 Å². The molecule has 100 valence electrons. The van der Waals surface area contributed by atoms with E-state index >= 15 is 0 Å². The van der Waals surface area contributed by atoms with Crippen LogP contribution in [0, 0.1) is 0 Å². The number of aliphatic hydroxyl groups excluding tert-OH is 3. The predicted molar refractivity (Wildman–Crippen MR) is 63.7 cm³/mol. The molecule has 1 aromatic carbocycles. The summed E-state index contributed by atoms with van der Waals surface area (Å²) in [6.45, 7) is 1.52. The molecule has 1 heterocycles. The minimum Gasteiger partial charge on any atom is -0.391 e. The normalized spacial score (nSPS) is 31.9. The fourth-order valence-electron chi connectivity index (χ4n) is 1.92. The van der Waals surface area contributed by atoms with Crippen molar-refractivity contribution in [1.29, 1.82) is 0 Å². The van der Waals surface area contributed by atoms with Crippen molar-refractivity contribution in [3.05, 3.63) is 35.9 Å². The fourth-order valence-corrected chi connectivity index (χ4v) is 1.92. The van der Waals surface area contributed by atoms with Crippen LogP contribution in [0.2, 0.25) is 0 Å². The standard InChI is InChI=1S/C13H18O5/c1-8(14)11(16)12-10(15)7-17-13(18-12)9-5-3-2-4-6-9/h2-6,8,10-16H,7H2,1H3/t8?,10-,11?,12-,13?/m1/s1. The summed E-state index contributed by atoms with van der Waals surface area (Å²) in [4.78, 5) is 0. The average molecular weight is 254 g/mol. The zero-order valence-corrected chi connectivity index (χ0v) is 10.1. The van der Waals surface area contributed by atoms with Gasteiger partial charge in [-0.2, -0.15) is 0 Å². The smallest absolute Gasteiger partial charge is 0.184 e. The molecule has 0 radical (unpaired) electrons. The Balaban J connectivity index is 2.09. The van der Waals surface area contributed by atoms with Gasteiger partial charge in [0.05, 0.1) is 12.7 Å². The van der Waals surface area contributed by atoms with Crippen LogP contribution in [-0.2, 0) is 9.47 Å². The first-order valence-corrected chi connectivity index (χ1v) is 5.96. The first-order valence-electron chi connectivity index (χ1n) is 5.96. The molecule has 1 aliphatic rings. The minimum absolute atomic E-state index is 0.0635. The lowest BCUT2D eigenvalue weighted by Gasteiger charge is -2.37. The summed E-state index contributed by atoms with van der Waals surface area (Å²) in [5.74, 6) is 0. The zero-order valence-electron chi connectivity index (χ0n) is 10.1. The molecule has 5 nitrogen and oxygen atoms in total. The van der Waals surface area contributed by atoms with Crippen molar-refractivity contribution in [2.75, 3.05) is 6.61 Å². The molecule has 1 fully saturated rings. The Morgan fingerprint density at radius 3 is 2.50 bits per heavy atom. The van der Waals surface area contributed by atoms with Crippen LogP contribution in [0.1, 0.15) is 18.8 Å². The zero-order chi connectivity index (χ0) is 13.1. The third kappa shape index (κ3) is 2.88. The summed E-state index contributed by atoms with van der Waals surface area (Å²) >= 11 is 0. The quantitative estimate of drug-likeness (QED) is 0.718. The summed E-state index contributed by atoms with van der Waals surface area (Å²) in [7, 11) is 0. The maximum Gasteiger partial charge on any atom is 0.184 e. The van der Waals surface area contributed by atoms with E-state index in [1.807, 2.05) is 30.3 Å². The molecule has 3 unspecified atom stereocenters. The van der Waals surface area contributed by atoms with Crippen LogP contribution in [-0.4, -0.2) is 46.3 Å². The van der Waals surface area contributed by atoms with E-state index in [1.165, 1.54) is 6.92 Å². The number of aliphatic hydroxyl groups is 3. The molecule has 5 atom stereocenters. The maximum absolute atomic E-state index is 9.80. The molecule has 0 spiro atoms. The molecular formula is C13H18O5. The van der Waals surface area contributed by atoms with Gasteiger partial charge in [-0.25, -0.2) is 0 Å². The molecule has 1 aromatic rings. The number of hydrogen-bond donors (Lipinski definition) is 3. The van der Waals surface area contributed by atoms with E-state index in [9.17, 15) is 15.3 Å². The molecule has 0 aromatic heterocycles. The molecule has 5 heteroatoms. The largest absolute Gasteiger partial charge is 0.391 e. The Morgan fingerprint density at radius 2 is 1.89 bits per heavy atom. The molecule has 3 N–H and O–H groups in total. The Labute approximate surface area is 106 Å². The molecule has 2 rings (SSSR count). The highest BCUT2D eigenvalue weighted by molar-refractivity contribution is 5.16. The van der Waals surface area contributed by atoms with Gasteiger partial charge in [0.1, 0.15) is 18.3 Å². The second-order valence-corrected chi connectivity index (χ2v) is 4.48. The van der Waals surface area contributed by atoms with E-state index in [0.29, 0.717) is 0 Å². The Bertz CT molecular complexity index is 367. The molecule has 0 amide bonds. The van der Waals surface area contributed by atoms with Crippen LogP contribution in [0.25, 0.3) is 0 Å². The second-order valence-electron chi connectivity index (χ2n) is 4.48. The van der Waals surface area contributed by atoms with Gasteiger partial charge in [0.2, 0.25) is 0 Å². The first-order chi connectivity index (χ1) is 8.59. The van der Waals surface area contributed by atoms with E-state index in [0.717, 1.165) is 5.56 Å². The van der Waals surface area contributed by atoms with Crippen molar-refractivity contribution in [2.45, 2.75) is 37.6 Å². The number of ether oxygens (including phenoxy) is 2. The lowest BCUT2D eigenvalue weighted by atomic mass is 10.0. The molecule has 0 aliphatic carbocycles. The molecular weight excluding hydrogens is 236 g/mol. The third-order valence-corrected chi connectivity index (χ3v) is 2.98. The first kappa shape index (κ1) is 13.5. The van der Waals surface area contributed by atoms with Gasteiger partial charge in [-0.15, -0.1) is 0 Å². The molecule has 0 saturated carbocycles. The number of rotatable bonds is 3. The van der Waals surface area contributed by atoms with Crippen molar-refractivity contribution >= 4 is 0 Å². The van der Waals surface area contributed by atoms with Crippen LogP contribution in [0.4, 0.5) is 0 Å². The van der Waals surface area contributed by atoms with Gasteiger partial charge in [0.25, 0.3) is 0 Å². The van der Waals surface area contributed by atoms with Gasteiger partial charge < -0.3 is 24.8 Å². The van der Waals surface area contributed by atoms with Crippen molar-refractivity contribution in [3.8, 4) is 0 Å². The molecule has 0 bridgehead atoms. The van der Waals surface area contributed by atoms with E-state index in [-0.39, 0.29) is 6.61 Å². The van der Waals surface area contributed by atoms with Gasteiger partial charge in [-0.3, -0.25) is 0 Å². The second kappa shape index (κ2) is 5.77. The van der Waals surface area contributed by atoms with E-state index in [4.69, 9.17) is 9.47 Å². The molecule has 1 aliphatic heterocycles. The van der Waals surface area contributed by atoms with Crippen molar-refractivity contribution in [1.82, 2.24) is 0 Å². The van der Waals surface area contributed by atoms with E-state index in [2.05, 4.69) is 0 Å². The van der Waals surface area contributed by atoms with Crippen LogP contribution in [0.15, 0.2) is 30.3 Å². The Morgan fingerprint density at radius 1 is 1.22 bits per heavy atom. The summed E-state index contributed by atoms with van der Waals surface area (Å²) in [6.07, 6.45) is -4.55. The average Bonchev–Trinajstić information content (AvgIpc) is 2.39. The highest BCUT2D eigenvalue weighted by atomic mass is 16.7. The van der Waals surface area contributed by atoms with Gasteiger partial charge in [-0.1, -0.05) is 30.3 Å². The monoisotopic (exact) mass is 254 g/mol. The fraction of sp³-hybridized carbons (Fsp3) is 0.538. The Hall–Kier alpha value is -0.980. The van der Waals surface area contributed by atoms with Gasteiger partial charge in [0.15, 0.2) is 6.29 Å². The third-order valence-electron chi connectivity index (χ3n) is 2.98. The van der Waals surface area contributed by atoms with Gasteiger partial charge in [0, 0.05) is 5.56 Å². The highest BCUT2D eigenvalue weighted by Gasteiger charge is 2.38. The summed E-state index contributed by atoms with van der Waals surface area (Å²) in [6, 6.07) is 9.27. The SMILES string of the molecule is CC(O)C(O)[C@@H]1OC(c2ccccc2)OC[C@H]1O. The summed E-state index contributed by atoms with van der Waals surface area (Å²) < 4.78 is 10.9. The minimum atomic E-state index is -1.14. The molecule has 1 saturated heterocycles. The van der Waals surface area contributed by atoms with Gasteiger partial charge in [-0.05, 0) is 6.92 Å². The van der Waals surface area contributed by atoms with Crippen LogP contribution in [0.3, 0.4) is 0 Å². The lowest BCUT2D eigenvalue weighted by molar-refractivity contribution is -0.282. The van der Waals surface area contributed by atoms with E-state index < -0.39 is 30.7 Å². The highest BCUT2D eigenvalue weighted by Crippen LogP contribution is 2.28. The predicted octanol–water partition coefficient (Wildman–Crippen LogP) is 0.203. The summed E-state index contributed by atoms with van der Waals surface area (Å²) in [5.41, 5.74) is 0.812. The van der Waals surface area contributed by atoms with Crippen LogP contribution in [0.5, 0.6) is 0 Å². The van der Waals surface area contributed by atoms with Crippen LogP contribution < -0.4 is 0 Å². The van der Waals surface area contributed by atoms with Crippen molar-refractivity contribution in [2.24, 2.45) is 0 Å². The number of benzene rings is 1. The lowest BCUT2D eigenvalue weighted by Crippen LogP contribution is -2.50. The Kier molecular flexibility index (Phi) is 4.31. The van der Waals surface area contributed by atoms with Crippen molar-refractivity contribution in [3.63, 3.8) is 0 Å². The number of hydrogen-bond acceptors (Lipinski definition) is 5. The van der Waals surface area contributed by atoms with Gasteiger partial charge >= 0.3 is 0 Å². The van der Waals surface area contributed by atoms with Crippen LogP contribution >= 0.6 is 0 Å². The molecule has 18 heavy (non-hydrogen) atoms.